The minimum atomic E-state index is 0.0926. The molecule has 7 heteroatoms. The van der Waals surface area contributed by atoms with E-state index >= 15 is 0 Å². The number of hydrogen-bond acceptors (Lipinski definition) is 5. The first-order chi connectivity index (χ1) is 13.0. The SMILES string of the molecule is CC(=O)N1CCc2nc(C3CCCN(C(=O)c4ccc(C)s4)C3)ncc2C1. The van der Waals surface area contributed by atoms with Crippen molar-refractivity contribution in [2.24, 2.45) is 0 Å². The fourth-order valence-corrected chi connectivity index (χ4v) is 4.71. The standard InChI is InChI=1S/C20H24N4O2S/c1-13-5-6-18(27-13)20(26)24-8-3-4-15(11-24)19-21-10-16-12-23(14(2)25)9-7-17(16)22-19/h5-6,10,15H,3-4,7-9,11-12H2,1-2H3. The summed E-state index contributed by atoms with van der Waals surface area (Å²) >= 11 is 1.55. The van der Waals surface area contributed by atoms with Crippen LogP contribution < -0.4 is 0 Å². The quantitative estimate of drug-likeness (QED) is 0.799. The van der Waals surface area contributed by atoms with Crippen molar-refractivity contribution in [1.29, 1.82) is 0 Å². The lowest BCUT2D eigenvalue weighted by Crippen LogP contribution is -2.39. The summed E-state index contributed by atoms with van der Waals surface area (Å²) < 4.78 is 0. The molecule has 1 saturated heterocycles. The topological polar surface area (TPSA) is 66.4 Å². The van der Waals surface area contributed by atoms with Gasteiger partial charge in [0.05, 0.1) is 10.6 Å². The molecule has 2 amide bonds. The number of amides is 2. The van der Waals surface area contributed by atoms with E-state index < -0.39 is 0 Å². The Balaban J connectivity index is 1.49. The third-order valence-electron chi connectivity index (χ3n) is 5.42. The number of carbonyl (C=O) groups excluding carboxylic acids is 2. The monoisotopic (exact) mass is 384 g/mol. The van der Waals surface area contributed by atoms with Crippen molar-refractivity contribution in [2.75, 3.05) is 19.6 Å². The van der Waals surface area contributed by atoms with Gasteiger partial charge in [-0.2, -0.15) is 0 Å². The number of nitrogens with zero attached hydrogens (tertiary/aromatic N) is 4. The molecule has 0 aromatic carbocycles. The number of hydrogen-bond donors (Lipinski definition) is 0. The van der Waals surface area contributed by atoms with Gasteiger partial charge in [-0.1, -0.05) is 0 Å². The summed E-state index contributed by atoms with van der Waals surface area (Å²) in [5.41, 5.74) is 2.09. The van der Waals surface area contributed by atoms with Crippen LogP contribution in [0.15, 0.2) is 18.3 Å². The van der Waals surface area contributed by atoms with Gasteiger partial charge < -0.3 is 9.80 Å². The van der Waals surface area contributed by atoms with Crippen molar-refractivity contribution in [2.45, 2.75) is 45.6 Å². The van der Waals surface area contributed by atoms with Gasteiger partial charge in [0, 0.05) is 62.1 Å². The fourth-order valence-electron chi connectivity index (χ4n) is 3.87. The molecule has 1 atom stereocenters. The molecule has 1 unspecified atom stereocenters. The molecule has 2 aliphatic heterocycles. The summed E-state index contributed by atoms with van der Waals surface area (Å²) in [5.74, 6) is 1.23. The second kappa shape index (κ2) is 7.38. The summed E-state index contributed by atoms with van der Waals surface area (Å²) in [6.07, 6.45) is 4.62. The zero-order chi connectivity index (χ0) is 19.0. The Kier molecular flexibility index (Phi) is 4.95. The molecular weight excluding hydrogens is 360 g/mol. The van der Waals surface area contributed by atoms with Crippen LogP contribution in [0, 0.1) is 6.92 Å². The summed E-state index contributed by atoms with van der Waals surface area (Å²) in [5, 5.41) is 0. The normalized spacial score (nSPS) is 19.7. The minimum absolute atomic E-state index is 0.0926. The smallest absolute Gasteiger partial charge is 0.263 e. The van der Waals surface area contributed by atoms with E-state index in [9.17, 15) is 9.59 Å². The third-order valence-corrected chi connectivity index (χ3v) is 6.41. The van der Waals surface area contributed by atoms with E-state index in [2.05, 4.69) is 4.98 Å². The van der Waals surface area contributed by atoms with Crippen molar-refractivity contribution in [3.63, 3.8) is 0 Å². The lowest BCUT2D eigenvalue weighted by atomic mass is 9.96. The van der Waals surface area contributed by atoms with Crippen LogP contribution in [0.5, 0.6) is 0 Å². The van der Waals surface area contributed by atoms with Crippen molar-refractivity contribution >= 4 is 23.2 Å². The highest BCUT2D eigenvalue weighted by Gasteiger charge is 2.29. The van der Waals surface area contributed by atoms with E-state index in [0.717, 1.165) is 52.6 Å². The molecule has 0 bridgehead atoms. The second-order valence-electron chi connectivity index (χ2n) is 7.39. The minimum Gasteiger partial charge on any atom is -0.338 e. The Morgan fingerprint density at radius 3 is 2.81 bits per heavy atom. The van der Waals surface area contributed by atoms with E-state index in [-0.39, 0.29) is 17.7 Å². The average molecular weight is 385 g/mol. The van der Waals surface area contributed by atoms with Crippen molar-refractivity contribution in [3.8, 4) is 0 Å². The van der Waals surface area contributed by atoms with Crippen molar-refractivity contribution < 1.29 is 9.59 Å². The first-order valence-corrected chi connectivity index (χ1v) is 10.3. The Hall–Kier alpha value is -2.28. The highest BCUT2D eigenvalue weighted by Crippen LogP contribution is 2.28. The summed E-state index contributed by atoms with van der Waals surface area (Å²) in [4.78, 5) is 39.5. The van der Waals surface area contributed by atoms with E-state index in [1.165, 1.54) is 0 Å². The van der Waals surface area contributed by atoms with Gasteiger partial charge in [-0.3, -0.25) is 9.59 Å². The number of carbonyl (C=O) groups is 2. The number of fused-ring (bicyclic) bond motifs is 1. The van der Waals surface area contributed by atoms with E-state index in [0.29, 0.717) is 19.6 Å². The van der Waals surface area contributed by atoms with E-state index in [4.69, 9.17) is 4.98 Å². The lowest BCUT2D eigenvalue weighted by Gasteiger charge is -2.32. The molecule has 1 fully saturated rings. The predicted octanol–water partition coefficient (Wildman–Crippen LogP) is 2.77. The Bertz CT molecular complexity index is 879. The molecule has 4 heterocycles. The van der Waals surface area contributed by atoms with Gasteiger partial charge in [-0.15, -0.1) is 11.3 Å². The number of rotatable bonds is 2. The van der Waals surface area contributed by atoms with Gasteiger partial charge >= 0.3 is 0 Å². The molecule has 0 aliphatic carbocycles. The van der Waals surface area contributed by atoms with E-state index in [1.807, 2.05) is 35.1 Å². The fraction of sp³-hybridized carbons (Fsp3) is 0.500. The van der Waals surface area contributed by atoms with Crippen LogP contribution >= 0.6 is 11.3 Å². The van der Waals surface area contributed by atoms with Gasteiger partial charge in [0.25, 0.3) is 5.91 Å². The first-order valence-electron chi connectivity index (χ1n) is 9.47. The van der Waals surface area contributed by atoms with Crippen LogP contribution in [-0.4, -0.2) is 51.2 Å². The second-order valence-corrected chi connectivity index (χ2v) is 8.68. The molecule has 2 aromatic heterocycles. The van der Waals surface area contributed by atoms with Crippen LogP contribution in [0.1, 0.15) is 57.3 Å². The average Bonchev–Trinajstić information content (AvgIpc) is 3.13. The first kappa shape index (κ1) is 18.1. The molecule has 0 radical (unpaired) electrons. The molecule has 142 valence electrons. The van der Waals surface area contributed by atoms with Gasteiger partial charge in [0.15, 0.2) is 0 Å². The highest BCUT2D eigenvalue weighted by molar-refractivity contribution is 7.13. The van der Waals surface area contributed by atoms with Crippen LogP contribution in [0.25, 0.3) is 0 Å². The third kappa shape index (κ3) is 3.74. The van der Waals surface area contributed by atoms with E-state index in [1.54, 1.807) is 18.3 Å². The van der Waals surface area contributed by atoms with Gasteiger partial charge in [-0.05, 0) is 31.9 Å². The van der Waals surface area contributed by atoms with Crippen molar-refractivity contribution in [1.82, 2.24) is 19.8 Å². The summed E-state index contributed by atoms with van der Waals surface area (Å²) in [6.45, 7) is 6.40. The molecule has 6 nitrogen and oxygen atoms in total. The number of thiophene rings is 1. The molecule has 0 saturated carbocycles. The Morgan fingerprint density at radius 1 is 1.22 bits per heavy atom. The highest BCUT2D eigenvalue weighted by atomic mass is 32.1. The lowest BCUT2D eigenvalue weighted by molar-refractivity contribution is -0.129. The molecular formula is C20H24N4O2S. The van der Waals surface area contributed by atoms with Crippen LogP contribution in [0.3, 0.4) is 0 Å². The van der Waals surface area contributed by atoms with Crippen molar-refractivity contribution in [3.05, 3.63) is 45.2 Å². The maximum atomic E-state index is 12.8. The number of piperidine rings is 1. The molecule has 2 aliphatic rings. The molecule has 0 N–H and O–H groups in total. The van der Waals surface area contributed by atoms with Gasteiger partial charge in [0.2, 0.25) is 5.91 Å². The number of aryl methyl sites for hydroxylation is 1. The summed E-state index contributed by atoms with van der Waals surface area (Å²) in [7, 11) is 0. The molecule has 0 spiro atoms. The molecule has 27 heavy (non-hydrogen) atoms. The predicted molar refractivity (Wildman–Crippen MR) is 104 cm³/mol. The van der Waals surface area contributed by atoms with Gasteiger partial charge in [-0.25, -0.2) is 9.97 Å². The zero-order valence-electron chi connectivity index (χ0n) is 15.8. The van der Waals surface area contributed by atoms with Crippen LogP contribution in [0.2, 0.25) is 0 Å². The molecule has 4 rings (SSSR count). The summed E-state index contributed by atoms with van der Waals surface area (Å²) in [6, 6.07) is 3.92. The Morgan fingerprint density at radius 2 is 2.07 bits per heavy atom. The number of likely N-dealkylation sites (tertiary alicyclic amines) is 1. The van der Waals surface area contributed by atoms with Gasteiger partial charge in [0.1, 0.15) is 5.82 Å². The van der Waals surface area contributed by atoms with Crippen LogP contribution in [-0.2, 0) is 17.8 Å². The largest absolute Gasteiger partial charge is 0.338 e. The number of aromatic nitrogens is 2. The Labute approximate surface area is 163 Å². The maximum absolute atomic E-state index is 12.8. The maximum Gasteiger partial charge on any atom is 0.263 e. The zero-order valence-corrected chi connectivity index (χ0v) is 16.6. The van der Waals surface area contributed by atoms with Crippen LogP contribution in [0.4, 0.5) is 0 Å². The molecule has 2 aromatic rings.